The first kappa shape index (κ1) is 22.6. The normalized spacial score (nSPS) is 11.2. The predicted octanol–water partition coefficient (Wildman–Crippen LogP) is 3.86. The van der Waals surface area contributed by atoms with Crippen molar-refractivity contribution in [2.75, 3.05) is 32.2 Å². The number of carbonyl (C=O) groups is 1. The molecule has 0 amide bonds. The van der Waals surface area contributed by atoms with Crippen LogP contribution in [0.1, 0.15) is 42.0 Å². The molecule has 9 heteroatoms. The van der Waals surface area contributed by atoms with E-state index in [2.05, 4.69) is 20.5 Å². The lowest BCUT2D eigenvalue weighted by Crippen LogP contribution is -2.08. The largest absolute Gasteiger partial charge is 0.491 e. The summed E-state index contributed by atoms with van der Waals surface area (Å²) in [6, 6.07) is 11.2. The molecule has 4 rings (SSSR count). The fraction of sp³-hybridized carbons (Fsp3) is 0.375. The second-order valence-corrected chi connectivity index (χ2v) is 7.73. The number of nitrogens with zero attached hydrogens (tertiary/aromatic N) is 5. The molecule has 0 fully saturated rings. The monoisotopic (exact) mass is 448 g/mol. The molecule has 0 spiro atoms. The molecule has 33 heavy (non-hydrogen) atoms. The highest BCUT2D eigenvalue weighted by Gasteiger charge is 2.14. The number of nitrogens with one attached hydrogen (secondary N) is 1. The molecule has 4 aromatic rings. The third-order valence-electron chi connectivity index (χ3n) is 5.34. The van der Waals surface area contributed by atoms with Gasteiger partial charge in [-0.25, -0.2) is 4.98 Å². The van der Waals surface area contributed by atoms with Gasteiger partial charge in [0.1, 0.15) is 23.9 Å². The second kappa shape index (κ2) is 10.8. The summed E-state index contributed by atoms with van der Waals surface area (Å²) in [5, 5.41) is 11.9. The maximum absolute atomic E-state index is 12.2. The first-order chi connectivity index (χ1) is 16.2. The van der Waals surface area contributed by atoms with Crippen LogP contribution < -0.4 is 10.1 Å². The van der Waals surface area contributed by atoms with Crippen LogP contribution in [0, 0.1) is 6.92 Å². The van der Waals surface area contributed by atoms with Crippen LogP contribution in [0.25, 0.3) is 16.7 Å². The van der Waals surface area contributed by atoms with Crippen molar-refractivity contribution in [2.24, 2.45) is 0 Å². The fourth-order valence-corrected chi connectivity index (χ4v) is 3.66. The molecule has 0 aliphatic rings. The highest BCUT2D eigenvalue weighted by molar-refractivity contribution is 5.94. The maximum Gasteiger partial charge on any atom is 0.204 e. The van der Waals surface area contributed by atoms with E-state index in [-0.39, 0.29) is 5.78 Å². The number of aromatic nitrogens is 5. The molecule has 1 N–H and O–H groups in total. The Hall–Kier alpha value is -3.59. The van der Waals surface area contributed by atoms with Gasteiger partial charge in [-0.1, -0.05) is 12.5 Å². The number of unbranched alkanes of at least 4 members (excludes halogenated alkanes) is 2. The second-order valence-electron chi connectivity index (χ2n) is 7.73. The van der Waals surface area contributed by atoms with Crippen LogP contribution in [0.2, 0.25) is 0 Å². The summed E-state index contributed by atoms with van der Waals surface area (Å²) in [7, 11) is 1.65. The molecule has 0 saturated carbocycles. The predicted molar refractivity (Wildman–Crippen MR) is 126 cm³/mol. The minimum atomic E-state index is 0.0870. The molecular formula is C24H28N6O3. The van der Waals surface area contributed by atoms with Crippen molar-refractivity contribution in [1.82, 2.24) is 24.6 Å². The van der Waals surface area contributed by atoms with Crippen molar-refractivity contribution in [3.8, 4) is 5.75 Å². The molecule has 3 heterocycles. The molecule has 172 valence electrons. The average Bonchev–Trinajstić information content (AvgIpc) is 3.23. The van der Waals surface area contributed by atoms with Crippen molar-refractivity contribution in [3.63, 3.8) is 0 Å². The topological polar surface area (TPSA) is 104 Å². The van der Waals surface area contributed by atoms with Crippen LogP contribution in [0.3, 0.4) is 0 Å². The van der Waals surface area contributed by atoms with Crippen LogP contribution in [0.15, 0.2) is 42.6 Å². The van der Waals surface area contributed by atoms with Gasteiger partial charge in [-0.2, -0.15) is 0 Å². The number of carbonyl (C=O) groups excluding carboxylic acids is 1. The van der Waals surface area contributed by atoms with Crippen LogP contribution in [0.4, 0.5) is 5.82 Å². The number of pyridine rings is 1. The SMILES string of the molecule is COCCOc1ccc2c(c1)nc(NCCCCCC(=O)c1ccccn1)c1nnc(C)n12. The van der Waals surface area contributed by atoms with Gasteiger partial charge >= 0.3 is 0 Å². The Morgan fingerprint density at radius 1 is 1.09 bits per heavy atom. The summed E-state index contributed by atoms with van der Waals surface area (Å²) in [6.07, 6.45) is 4.82. The number of fused-ring (bicyclic) bond motifs is 3. The van der Waals surface area contributed by atoms with E-state index < -0.39 is 0 Å². The van der Waals surface area contributed by atoms with E-state index in [1.165, 1.54) is 0 Å². The molecule has 0 aliphatic heterocycles. The van der Waals surface area contributed by atoms with Gasteiger partial charge in [-0.15, -0.1) is 10.2 Å². The van der Waals surface area contributed by atoms with E-state index in [4.69, 9.17) is 14.5 Å². The van der Waals surface area contributed by atoms with Crippen molar-refractivity contribution in [3.05, 3.63) is 54.1 Å². The molecule has 0 radical (unpaired) electrons. The Morgan fingerprint density at radius 2 is 2.00 bits per heavy atom. The van der Waals surface area contributed by atoms with Gasteiger partial charge in [0.05, 0.1) is 17.6 Å². The lowest BCUT2D eigenvalue weighted by molar-refractivity contribution is 0.0974. The van der Waals surface area contributed by atoms with E-state index in [1.807, 2.05) is 41.7 Å². The Labute approximate surface area is 192 Å². The Morgan fingerprint density at radius 3 is 2.82 bits per heavy atom. The highest BCUT2D eigenvalue weighted by atomic mass is 16.5. The number of benzene rings is 1. The number of methoxy groups -OCH3 is 1. The van der Waals surface area contributed by atoms with Gasteiger partial charge in [0.2, 0.25) is 5.65 Å². The Bertz CT molecular complexity index is 1230. The summed E-state index contributed by atoms with van der Waals surface area (Å²) in [4.78, 5) is 21.1. The number of hydrogen-bond acceptors (Lipinski definition) is 8. The van der Waals surface area contributed by atoms with E-state index in [0.29, 0.717) is 36.8 Å². The number of anilines is 1. The van der Waals surface area contributed by atoms with Gasteiger partial charge in [0, 0.05) is 32.3 Å². The molecule has 0 saturated heterocycles. The van der Waals surface area contributed by atoms with Gasteiger partial charge in [0.15, 0.2) is 11.6 Å². The molecule has 1 aromatic carbocycles. The average molecular weight is 449 g/mol. The van der Waals surface area contributed by atoms with Crippen LogP contribution in [-0.4, -0.2) is 57.2 Å². The molecular weight excluding hydrogens is 420 g/mol. The van der Waals surface area contributed by atoms with Crippen molar-refractivity contribution in [1.29, 1.82) is 0 Å². The fourth-order valence-electron chi connectivity index (χ4n) is 3.66. The summed E-state index contributed by atoms with van der Waals surface area (Å²) < 4.78 is 12.8. The molecule has 0 aliphatic carbocycles. The zero-order chi connectivity index (χ0) is 23.0. The Balaban J connectivity index is 1.38. The first-order valence-electron chi connectivity index (χ1n) is 11.1. The molecule has 9 nitrogen and oxygen atoms in total. The number of Topliss-reactive ketones (excluding diaryl/α,β-unsaturated/α-hetero) is 1. The number of ketones is 1. The van der Waals surface area contributed by atoms with Gasteiger partial charge in [0.25, 0.3) is 0 Å². The van der Waals surface area contributed by atoms with Crippen LogP contribution in [0.5, 0.6) is 5.75 Å². The maximum atomic E-state index is 12.2. The Kier molecular flexibility index (Phi) is 7.41. The number of ether oxygens (including phenoxy) is 2. The van der Waals surface area contributed by atoms with Crippen LogP contribution >= 0.6 is 0 Å². The molecule has 0 unspecified atom stereocenters. The summed E-state index contributed by atoms with van der Waals surface area (Å²) in [5.41, 5.74) is 2.94. The van der Waals surface area contributed by atoms with Gasteiger partial charge in [-0.3, -0.25) is 14.2 Å². The highest BCUT2D eigenvalue weighted by Crippen LogP contribution is 2.25. The lowest BCUT2D eigenvalue weighted by atomic mass is 10.1. The molecule has 0 atom stereocenters. The van der Waals surface area contributed by atoms with E-state index in [1.54, 1.807) is 19.4 Å². The summed E-state index contributed by atoms with van der Waals surface area (Å²) in [5.74, 6) is 2.30. The summed E-state index contributed by atoms with van der Waals surface area (Å²) >= 11 is 0. The third kappa shape index (κ3) is 5.43. The van der Waals surface area contributed by atoms with Crippen molar-refractivity contribution >= 4 is 28.3 Å². The van der Waals surface area contributed by atoms with E-state index in [9.17, 15) is 4.79 Å². The number of aryl methyl sites for hydroxylation is 1. The minimum absolute atomic E-state index is 0.0870. The minimum Gasteiger partial charge on any atom is -0.491 e. The lowest BCUT2D eigenvalue weighted by Gasteiger charge is -2.11. The standard InChI is InChI=1S/C24H28N6O3/c1-17-28-29-24-23(26-13-6-3-4-9-22(31)19-8-5-7-12-25-19)27-20-16-18(33-15-14-32-2)10-11-21(20)30(17)24/h5,7-8,10-12,16H,3-4,6,9,13-15H2,1-2H3,(H,26,27). The van der Waals surface area contributed by atoms with Gasteiger partial charge < -0.3 is 14.8 Å². The number of hydrogen-bond donors (Lipinski definition) is 1. The molecule has 3 aromatic heterocycles. The quantitative estimate of drug-likeness (QED) is 0.257. The first-order valence-corrected chi connectivity index (χ1v) is 11.1. The van der Waals surface area contributed by atoms with Crippen LogP contribution in [-0.2, 0) is 4.74 Å². The third-order valence-corrected chi connectivity index (χ3v) is 5.34. The van der Waals surface area contributed by atoms with Crippen molar-refractivity contribution < 1.29 is 14.3 Å². The molecule has 0 bridgehead atoms. The van der Waals surface area contributed by atoms with E-state index in [0.717, 1.165) is 48.4 Å². The number of rotatable bonds is 12. The zero-order valence-corrected chi connectivity index (χ0v) is 19.0. The smallest absolute Gasteiger partial charge is 0.204 e. The zero-order valence-electron chi connectivity index (χ0n) is 19.0. The van der Waals surface area contributed by atoms with E-state index >= 15 is 0 Å². The summed E-state index contributed by atoms with van der Waals surface area (Å²) in [6.45, 7) is 3.64. The van der Waals surface area contributed by atoms with Crippen molar-refractivity contribution in [2.45, 2.75) is 32.6 Å². The van der Waals surface area contributed by atoms with Gasteiger partial charge in [-0.05, 0) is 44.0 Å².